The molecule has 0 aliphatic carbocycles. The minimum atomic E-state index is -4.94. The van der Waals surface area contributed by atoms with Gasteiger partial charge in [0.15, 0.2) is 0 Å². The van der Waals surface area contributed by atoms with Crippen LogP contribution in [0.25, 0.3) is 0 Å². The van der Waals surface area contributed by atoms with Gasteiger partial charge in [-0.25, -0.2) is 18.6 Å². The quantitative estimate of drug-likeness (QED) is 0.481. The first-order valence-corrected chi connectivity index (χ1v) is 7.85. The summed E-state index contributed by atoms with van der Waals surface area (Å²) in [6.45, 7) is 9.40. The van der Waals surface area contributed by atoms with Crippen molar-refractivity contribution in [2.75, 3.05) is 25.7 Å². The largest absolute Gasteiger partial charge is 0.222 e. The van der Waals surface area contributed by atoms with E-state index in [1.54, 1.807) is 0 Å². The second kappa shape index (κ2) is 6.08. The lowest BCUT2D eigenvalue weighted by Crippen LogP contribution is -2.68. The van der Waals surface area contributed by atoms with Crippen LogP contribution >= 0.6 is 7.26 Å². The number of halogens is 1. The molecule has 0 spiro atoms. The topological polar surface area (TPSA) is 92.2 Å². The minimum Gasteiger partial charge on any atom is -0.222 e. The first kappa shape index (κ1) is 15.1. The van der Waals surface area contributed by atoms with Gasteiger partial charge in [-0.05, 0) is 13.8 Å². The molecule has 0 atom stereocenters. The molecule has 0 saturated heterocycles. The highest BCUT2D eigenvalue weighted by Crippen LogP contribution is 2.49. The maximum atomic E-state index is 8.49. The monoisotopic (exact) mass is 218 g/mol. The van der Waals surface area contributed by atoms with Crippen molar-refractivity contribution in [3.63, 3.8) is 0 Å². The summed E-state index contributed by atoms with van der Waals surface area (Å²) >= 11 is 0. The van der Waals surface area contributed by atoms with Crippen molar-refractivity contribution in [2.24, 2.45) is 0 Å². The Labute approximate surface area is 76.3 Å². The lowest BCUT2D eigenvalue weighted by atomic mass is 11.0. The van der Waals surface area contributed by atoms with E-state index >= 15 is 0 Å². The van der Waals surface area contributed by atoms with Crippen LogP contribution in [0.4, 0.5) is 0 Å². The molecule has 0 aromatic rings. The molecule has 0 saturated carbocycles. The maximum Gasteiger partial charge on any atom is 0.0560 e. The fraction of sp³-hybridized carbons (Fsp3) is 1.00. The Hall–Kier alpha value is 0.560. The third kappa shape index (κ3) is 22.4. The lowest BCUT2D eigenvalue weighted by molar-refractivity contribution is -2.00. The van der Waals surface area contributed by atoms with Crippen LogP contribution in [-0.2, 0) is 0 Å². The van der Waals surface area contributed by atoms with Crippen LogP contribution in [0.2, 0.25) is 0 Å². The van der Waals surface area contributed by atoms with Crippen molar-refractivity contribution in [1.29, 1.82) is 0 Å². The molecule has 6 heteroatoms. The number of hydrogen-bond donors (Lipinski definition) is 0. The van der Waals surface area contributed by atoms with Gasteiger partial charge in [-0.1, -0.05) is 0 Å². The zero-order valence-electron chi connectivity index (χ0n) is 7.87. The highest BCUT2D eigenvalue weighted by molar-refractivity contribution is 7.74. The molecule has 12 heavy (non-hydrogen) atoms. The highest BCUT2D eigenvalue weighted by Gasteiger charge is 2.17. The van der Waals surface area contributed by atoms with Crippen molar-refractivity contribution in [3.8, 4) is 0 Å². The molecule has 0 radical (unpaired) electrons. The zero-order chi connectivity index (χ0) is 10.4. The minimum absolute atomic E-state index is 0.404. The summed E-state index contributed by atoms with van der Waals surface area (Å²) in [5.74, 6) is 0. The van der Waals surface area contributed by atoms with Crippen molar-refractivity contribution in [2.45, 2.75) is 13.8 Å². The Balaban J connectivity index is 0. The molecular formula is C6H16ClO4P. The van der Waals surface area contributed by atoms with Crippen molar-refractivity contribution >= 4 is 7.26 Å². The summed E-state index contributed by atoms with van der Waals surface area (Å²) in [6, 6.07) is 0. The molecule has 0 N–H and O–H groups in total. The molecule has 0 heterocycles. The first-order chi connectivity index (χ1) is 5.12. The van der Waals surface area contributed by atoms with E-state index in [0.717, 1.165) is 0 Å². The van der Waals surface area contributed by atoms with Gasteiger partial charge in [0, 0.05) is 20.6 Å². The van der Waals surface area contributed by atoms with Crippen LogP contribution in [0, 0.1) is 10.2 Å². The normalized spacial score (nSPS) is 12.0. The molecule has 76 valence electrons. The molecule has 0 unspecified atom stereocenters. The molecule has 0 aliphatic rings. The van der Waals surface area contributed by atoms with E-state index in [2.05, 4.69) is 27.2 Å². The highest BCUT2D eigenvalue weighted by atomic mass is 35.7. The molecule has 0 rings (SSSR count). The van der Waals surface area contributed by atoms with Crippen LogP contribution in [0.5, 0.6) is 0 Å². The molecule has 0 aromatic carbocycles. The molecule has 0 fully saturated rings. The van der Waals surface area contributed by atoms with Gasteiger partial charge in [0.25, 0.3) is 0 Å². The van der Waals surface area contributed by atoms with Gasteiger partial charge in [-0.15, -0.1) is 10.2 Å². The van der Waals surface area contributed by atoms with Crippen LogP contribution in [0.15, 0.2) is 0 Å². The smallest absolute Gasteiger partial charge is 0.0560 e. The molecular weight excluding hydrogens is 202 g/mol. The second-order valence-corrected chi connectivity index (χ2v) is 8.84. The average molecular weight is 219 g/mol. The fourth-order valence-corrected chi connectivity index (χ4v) is 0.671. The third-order valence-corrected chi connectivity index (χ3v) is 5.14. The van der Waals surface area contributed by atoms with Crippen LogP contribution in [-0.4, -0.2) is 25.7 Å². The fourth-order valence-electron chi connectivity index (χ4n) is 0.224. The van der Waals surface area contributed by atoms with Crippen molar-refractivity contribution in [3.05, 3.63) is 0 Å². The second-order valence-electron chi connectivity index (χ2n) is 2.95. The van der Waals surface area contributed by atoms with Gasteiger partial charge in [-0.2, -0.15) is 0 Å². The van der Waals surface area contributed by atoms with Crippen LogP contribution in [0.3, 0.4) is 0 Å². The van der Waals surface area contributed by atoms with E-state index in [0.29, 0.717) is 0 Å². The van der Waals surface area contributed by atoms with Gasteiger partial charge in [-0.3, -0.25) is 0 Å². The standard InChI is InChI=1S/C6H16P.ClHO4/c1-5-7(3,4)6-2;2-1(3,4)5/h5-6H2,1-4H3;(H,2,3,4,5)/q+1;/p-1. The Bertz CT molecular complexity index is 101. The summed E-state index contributed by atoms with van der Waals surface area (Å²) in [5.41, 5.74) is 0. The van der Waals surface area contributed by atoms with Gasteiger partial charge in [0.2, 0.25) is 0 Å². The van der Waals surface area contributed by atoms with Gasteiger partial charge < -0.3 is 0 Å². The van der Waals surface area contributed by atoms with Gasteiger partial charge >= 0.3 is 0 Å². The summed E-state index contributed by atoms with van der Waals surface area (Å²) in [5, 5.41) is 0. The van der Waals surface area contributed by atoms with Crippen molar-refractivity contribution < 1.29 is 28.9 Å². The number of hydrogen-bond acceptors (Lipinski definition) is 4. The van der Waals surface area contributed by atoms with Gasteiger partial charge in [0.1, 0.15) is 0 Å². The van der Waals surface area contributed by atoms with E-state index in [-0.39, 0.29) is 0 Å². The van der Waals surface area contributed by atoms with E-state index in [1.165, 1.54) is 12.3 Å². The summed E-state index contributed by atoms with van der Waals surface area (Å²) in [4.78, 5) is 0. The van der Waals surface area contributed by atoms with E-state index in [9.17, 15) is 0 Å². The number of rotatable bonds is 2. The first-order valence-electron chi connectivity index (χ1n) is 3.56. The average Bonchev–Trinajstić information content (AvgIpc) is 1.85. The summed E-state index contributed by atoms with van der Waals surface area (Å²) in [6.07, 6.45) is 2.81. The molecule has 0 aromatic heterocycles. The van der Waals surface area contributed by atoms with Crippen molar-refractivity contribution in [1.82, 2.24) is 0 Å². The van der Waals surface area contributed by atoms with E-state index in [4.69, 9.17) is 18.6 Å². The third-order valence-electron chi connectivity index (χ3n) is 1.71. The Morgan fingerprint density at radius 2 is 1.08 bits per heavy atom. The summed E-state index contributed by atoms with van der Waals surface area (Å²) < 4.78 is 34.0. The maximum absolute atomic E-state index is 8.49. The molecule has 0 aliphatic heterocycles. The Morgan fingerprint density at radius 3 is 1.08 bits per heavy atom. The Kier molecular flexibility index (Phi) is 7.63. The zero-order valence-corrected chi connectivity index (χ0v) is 9.52. The van der Waals surface area contributed by atoms with Gasteiger partial charge in [0.05, 0.1) is 12.3 Å². The molecule has 0 amide bonds. The van der Waals surface area contributed by atoms with E-state index in [1.807, 2.05) is 0 Å². The molecule has 0 bridgehead atoms. The predicted molar refractivity (Wildman–Crippen MR) is 39.9 cm³/mol. The predicted octanol–water partition coefficient (Wildman–Crippen LogP) is -2.45. The SMILES string of the molecule is CC[P+](C)(C)CC.[O-][Cl+3]([O-])([O-])[O-]. The van der Waals surface area contributed by atoms with Crippen LogP contribution < -0.4 is 18.6 Å². The summed E-state index contributed by atoms with van der Waals surface area (Å²) in [7, 11) is -5.35. The van der Waals surface area contributed by atoms with Crippen LogP contribution in [0.1, 0.15) is 13.8 Å². The Morgan fingerprint density at radius 1 is 0.917 bits per heavy atom. The van der Waals surface area contributed by atoms with E-state index < -0.39 is 17.5 Å². The lowest BCUT2D eigenvalue weighted by Gasteiger charge is -2.17. The molecule has 4 nitrogen and oxygen atoms in total.